The second kappa shape index (κ2) is 9.90. The molecule has 0 radical (unpaired) electrons. The van der Waals surface area contributed by atoms with Crippen LogP contribution in [0.15, 0.2) is 89.7 Å². The van der Waals surface area contributed by atoms with E-state index in [0.717, 1.165) is 21.5 Å². The molecule has 0 aliphatic heterocycles. The van der Waals surface area contributed by atoms with E-state index in [0.29, 0.717) is 22.3 Å². The van der Waals surface area contributed by atoms with Gasteiger partial charge >= 0.3 is 5.97 Å². The molecule has 5 aromatic rings. The predicted octanol–water partition coefficient (Wildman–Crippen LogP) is 3.89. The van der Waals surface area contributed by atoms with Gasteiger partial charge in [0.1, 0.15) is 5.82 Å². The number of ether oxygens (including phenoxy) is 1. The lowest BCUT2D eigenvalue weighted by Crippen LogP contribution is -2.26. The van der Waals surface area contributed by atoms with Crippen molar-refractivity contribution in [2.75, 3.05) is 11.9 Å². The average molecular weight is 494 g/mol. The van der Waals surface area contributed by atoms with Crippen molar-refractivity contribution in [3.63, 3.8) is 0 Å². The Kier molecular flexibility index (Phi) is 6.34. The van der Waals surface area contributed by atoms with Crippen LogP contribution in [0, 0.1) is 6.92 Å². The van der Waals surface area contributed by atoms with Crippen LogP contribution < -0.4 is 10.9 Å². The highest BCUT2D eigenvalue weighted by molar-refractivity contribution is 6.03. The smallest absolute Gasteiger partial charge is 0.359 e. The molecule has 0 saturated heterocycles. The van der Waals surface area contributed by atoms with Gasteiger partial charge in [0, 0.05) is 24.1 Å². The zero-order valence-corrected chi connectivity index (χ0v) is 20.2. The summed E-state index contributed by atoms with van der Waals surface area (Å²) in [6.07, 6.45) is 0. The molecule has 0 aliphatic carbocycles. The Hall–Kier alpha value is -5.05. The number of aryl methyl sites for hydroxylation is 2. The average Bonchev–Trinajstić information content (AvgIpc) is 3.34. The SMILES string of the molecule is Cc1ccc(-c2cc(NC(=O)COC(=O)c3nn(C)c(=O)c4ccccc34)n(-c3ccccc3)n2)cc1. The van der Waals surface area contributed by atoms with Crippen LogP contribution in [-0.2, 0) is 16.6 Å². The van der Waals surface area contributed by atoms with Crippen molar-refractivity contribution < 1.29 is 14.3 Å². The van der Waals surface area contributed by atoms with Gasteiger partial charge in [-0.3, -0.25) is 9.59 Å². The van der Waals surface area contributed by atoms with Crippen molar-refractivity contribution in [3.8, 4) is 16.9 Å². The fourth-order valence-electron chi connectivity index (χ4n) is 3.93. The molecule has 184 valence electrons. The molecule has 9 nitrogen and oxygen atoms in total. The van der Waals surface area contributed by atoms with Gasteiger partial charge in [0.15, 0.2) is 12.3 Å². The minimum atomic E-state index is -0.807. The van der Waals surface area contributed by atoms with Crippen LogP contribution >= 0.6 is 0 Å². The first kappa shape index (κ1) is 23.7. The van der Waals surface area contributed by atoms with Crippen LogP contribution in [0.5, 0.6) is 0 Å². The number of para-hydroxylation sites is 1. The number of hydrogen-bond acceptors (Lipinski definition) is 6. The maximum absolute atomic E-state index is 12.8. The number of esters is 1. The van der Waals surface area contributed by atoms with E-state index in [-0.39, 0.29) is 11.3 Å². The summed E-state index contributed by atoms with van der Waals surface area (Å²) in [5.41, 5.74) is 3.09. The number of rotatable bonds is 6. The Morgan fingerprint density at radius 1 is 0.892 bits per heavy atom. The highest BCUT2D eigenvalue weighted by atomic mass is 16.5. The number of amides is 1. The van der Waals surface area contributed by atoms with Gasteiger partial charge in [-0.2, -0.15) is 10.2 Å². The second-order valence-electron chi connectivity index (χ2n) is 8.48. The largest absolute Gasteiger partial charge is 0.451 e. The van der Waals surface area contributed by atoms with Crippen molar-refractivity contribution in [2.45, 2.75) is 6.92 Å². The van der Waals surface area contributed by atoms with Gasteiger partial charge < -0.3 is 10.1 Å². The number of carbonyl (C=O) groups excluding carboxylic acids is 2. The Labute approximate surface area is 211 Å². The lowest BCUT2D eigenvalue weighted by Gasteiger charge is -2.10. The van der Waals surface area contributed by atoms with E-state index in [9.17, 15) is 14.4 Å². The van der Waals surface area contributed by atoms with E-state index in [1.165, 1.54) is 7.05 Å². The number of carbonyl (C=O) groups is 2. The molecule has 5 rings (SSSR count). The Morgan fingerprint density at radius 3 is 2.30 bits per heavy atom. The first-order valence-electron chi connectivity index (χ1n) is 11.6. The number of benzene rings is 3. The quantitative estimate of drug-likeness (QED) is 0.360. The lowest BCUT2D eigenvalue weighted by atomic mass is 10.1. The Balaban J connectivity index is 1.37. The van der Waals surface area contributed by atoms with E-state index in [1.807, 2.05) is 61.5 Å². The summed E-state index contributed by atoms with van der Waals surface area (Å²) in [4.78, 5) is 37.9. The van der Waals surface area contributed by atoms with Gasteiger partial charge in [-0.1, -0.05) is 66.2 Å². The van der Waals surface area contributed by atoms with Gasteiger partial charge in [-0.05, 0) is 25.1 Å². The van der Waals surface area contributed by atoms with Crippen LogP contribution in [0.3, 0.4) is 0 Å². The molecule has 0 spiro atoms. The molecular weight excluding hydrogens is 470 g/mol. The van der Waals surface area contributed by atoms with Gasteiger partial charge in [0.05, 0.1) is 16.8 Å². The summed E-state index contributed by atoms with van der Waals surface area (Å²) in [6, 6.07) is 25.7. The molecule has 1 amide bonds. The monoisotopic (exact) mass is 493 g/mol. The molecule has 0 fully saturated rings. The van der Waals surface area contributed by atoms with E-state index in [4.69, 9.17) is 4.74 Å². The molecule has 0 atom stereocenters. The minimum absolute atomic E-state index is 0.0403. The van der Waals surface area contributed by atoms with Crippen molar-refractivity contribution in [3.05, 3.63) is 107 Å². The predicted molar refractivity (Wildman–Crippen MR) is 140 cm³/mol. The third-order valence-electron chi connectivity index (χ3n) is 5.81. The van der Waals surface area contributed by atoms with Gasteiger partial charge in [0.25, 0.3) is 11.5 Å². The Bertz CT molecular complexity index is 1670. The van der Waals surface area contributed by atoms with Crippen LogP contribution in [0.25, 0.3) is 27.7 Å². The van der Waals surface area contributed by atoms with Gasteiger partial charge in [0.2, 0.25) is 0 Å². The molecule has 37 heavy (non-hydrogen) atoms. The normalized spacial score (nSPS) is 10.9. The third kappa shape index (κ3) is 4.87. The number of anilines is 1. The van der Waals surface area contributed by atoms with E-state index >= 15 is 0 Å². The summed E-state index contributed by atoms with van der Waals surface area (Å²) >= 11 is 0. The van der Waals surface area contributed by atoms with Gasteiger partial charge in [-0.25, -0.2) is 14.2 Å². The number of fused-ring (bicyclic) bond motifs is 1. The number of nitrogens with zero attached hydrogens (tertiary/aromatic N) is 4. The maximum Gasteiger partial charge on any atom is 0.359 e. The van der Waals surface area contributed by atoms with Crippen LogP contribution in [0.1, 0.15) is 16.1 Å². The highest BCUT2D eigenvalue weighted by Crippen LogP contribution is 2.25. The molecule has 3 aromatic carbocycles. The molecule has 2 heterocycles. The molecule has 0 unspecified atom stereocenters. The lowest BCUT2D eigenvalue weighted by molar-refractivity contribution is -0.119. The van der Waals surface area contributed by atoms with Crippen molar-refractivity contribution in [1.29, 1.82) is 0 Å². The number of nitrogens with one attached hydrogen (secondary N) is 1. The fourth-order valence-corrected chi connectivity index (χ4v) is 3.93. The van der Waals surface area contributed by atoms with E-state index < -0.39 is 18.5 Å². The summed E-state index contributed by atoms with van der Waals surface area (Å²) in [5.74, 6) is -0.928. The molecule has 0 bridgehead atoms. The zero-order valence-electron chi connectivity index (χ0n) is 20.2. The summed E-state index contributed by atoms with van der Waals surface area (Å²) in [6.45, 7) is 1.46. The summed E-state index contributed by atoms with van der Waals surface area (Å²) in [5, 5.41) is 12.2. The molecule has 9 heteroatoms. The molecule has 1 N–H and O–H groups in total. The summed E-state index contributed by atoms with van der Waals surface area (Å²) in [7, 11) is 1.45. The highest BCUT2D eigenvalue weighted by Gasteiger charge is 2.19. The Morgan fingerprint density at radius 2 is 1.57 bits per heavy atom. The first-order chi connectivity index (χ1) is 17.9. The van der Waals surface area contributed by atoms with Crippen molar-refractivity contribution in [2.24, 2.45) is 7.05 Å². The fraction of sp³-hybridized carbons (Fsp3) is 0.107. The van der Waals surface area contributed by atoms with Crippen LogP contribution in [-0.4, -0.2) is 38.0 Å². The molecule has 2 aromatic heterocycles. The summed E-state index contributed by atoms with van der Waals surface area (Å²) < 4.78 is 7.95. The van der Waals surface area contributed by atoms with Crippen LogP contribution in [0.4, 0.5) is 5.82 Å². The van der Waals surface area contributed by atoms with E-state index in [1.54, 1.807) is 35.0 Å². The zero-order chi connectivity index (χ0) is 25.9. The standard InChI is InChI=1S/C28H23N5O4/c1-18-12-14-19(15-13-18)23-16-24(33(30-23)20-8-4-3-5-9-20)29-25(34)17-37-28(36)26-21-10-6-7-11-22(21)27(35)32(2)31-26/h3-16H,17H2,1-2H3,(H,29,34). The first-order valence-corrected chi connectivity index (χ1v) is 11.6. The third-order valence-corrected chi connectivity index (χ3v) is 5.81. The minimum Gasteiger partial charge on any atom is -0.451 e. The number of hydrogen-bond donors (Lipinski definition) is 1. The van der Waals surface area contributed by atoms with Crippen molar-refractivity contribution >= 4 is 28.5 Å². The number of aromatic nitrogens is 4. The molecule has 0 saturated carbocycles. The molecule has 0 aliphatic rings. The maximum atomic E-state index is 12.8. The van der Waals surface area contributed by atoms with Gasteiger partial charge in [-0.15, -0.1) is 0 Å². The van der Waals surface area contributed by atoms with E-state index in [2.05, 4.69) is 15.5 Å². The molecular formula is C28H23N5O4. The second-order valence-corrected chi connectivity index (χ2v) is 8.48. The van der Waals surface area contributed by atoms with Crippen LogP contribution in [0.2, 0.25) is 0 Å². The topological polar surface area (TPSA) is 108 Å². The van der Waals surface area contributed by atoms with Crippen molar-refractivity contribution in [1.82, 2.24) is 19.6 Å².